The molecule has 25 fully saturated rings. The molecule has 0 nitrogen and oxygen atoms in total. The topological polar surface area (TPSA) is 0 Å². The molecule has 15 atom stereocenters. The van der Waals surface area contributed by atoms with Gasteiger partial charge in [-0.3, -0.25) is 0 Å². The summed E-state index contributed by atoms with van der Waals surface area (Å²) in [6.45, 7) is 0. The van der Waals surface area contributed by atoms with E-state index < -0.39 is 0 Å². The molecule has 25 aliphatic rings. The van der Waals surface area contributed by atoms with Gasteiger partial charge in [-0.1, -0.05) is 205 Å². The van der Waals surface area contributed by atoms with Crippen LogP contribution in [0.2, 0.25) is 0 Å². The van der Waals surface area contributed by atoms with Crippen LogP contribution in [0.5, 0.6) is 0 Å². The normalized spacial score (nSPS) is 55.8. The molecule has 74 heavy (non-hydrogen) atoms. The largest absolute Gasteiger partial charge is 0.0533 e. The Kier molecular flexibility index (Phi) is 15.2. The molecule has 15 unspecified atom stereocenters. The summed E-state index contributed by atoms with van der Waals surface area (Å²) in [5.74, 6) is 32.9. The van der Waals surface area contributed by atoms with E-state index in [1.165, 1.54) is 315 Å². The molecule has 25 saturated carbocycles. The number of fused-ring (bicyclic) bond motifs is 3. The second-order valence-electron chi connectivity index (χ2n) is 33.3. The Morgan fingerprint density at radius 1 is 0.189 bits per heavy atom. The Hall–Kier alpha value is 0. The fourth-order valence-corrected chi connectivity index (χ4v) is 27.8. The Balaban J connectivity index is 0.0000000744. The highest BCUT2D eigenvalue weighted by Crippen LogP contribution is 3.01. The van der Waals surface area contributed by atoms with Crippen molar-refractivity contribution in [2.24, 2.45) is 159 Å². The Morgan fingerprint density at radius 2 is 0.527 bits per heavy atom. The molecule has 25 rings (SSSR count). The quantitative estimate of drug-likeness (QED) is 0.212. The van der Waals surface area contributed by atoms with E-state index in [4.69, 9.17) is 0 Å². The molecule has 0 amide bonds. The third kappa shape index (κ3) is 8.98. The van der Waals surface area contributed by atoms with Gasteiger partial charge in [-0.15, -0.1) is 0 Å². The van der Waals surface area contributed by atoms with Crippen molar-refractivity contribution in [3.63, 3.8) is 0 Å². The van der Waals surface area contributed by atoms with E-state index in [0.717, 1.165) is 11.3 Å². The van der Waals surface area contributed by atoms with Gasteiger partial charge in [0.15, 0.2) is 0 Å². The highest BCUT2D eigenvalue weighted by Gasteiger charge is 2.97. The summed E-state index contributed by atoms with van der Waals surface area (Å²) >= 11 is 0. The van der Waals surface area contributed by atoms with Crippen LogP contribution < -0.4 is 0 Å². The highest BCUT2D eigenvalue weighted by molar-refractivity contribution is 5.44. The van der Waals surface area contributed by atoms with Crippen molar-refractivity contribution >= 4 is 0 Å². The fraction of sp³-hybridized carbons (Fsp3) is 1.00. The number of hydrogen-bond donors (Lipinski definition) is 0. The van der Waals surface area contributed by atoms with Crippen LogP contribution in [-0.2, 0) is 0 Å². The van der Waals surface area contributed by atoms with Crippen molar-refractivity contribution in [2.45, 2.75) is 302 Å². The Morgan fingerprint density at radius 3 is 0.932 bits per heavy atom. The van der Waals surface area contributed by atoms with E-state index in [2.05, 4.69) is 0 Å². The maximum Gasteiger partial charge on any atom is -0.0266 e. The Labute approximate surface area is 458 Å². The molecule has 0 aromatic rings. The molecular formula is C74H120. The summed E-state index contributed by atoms with van der Waals surface area (Å²) in [6, 6.07) is 0. The smallest absolute Gasteiger partial charge is 0.0266 e. The number of hydrogen-bond acceptors (Lipinski definition) is 0. The zero-order valence-electron chi connectivity index (χ0n) is 48.7. The van der Waals surface area contributed by atoms with Crippen molar-refractivity contribution in [3.05, 3.63) is 0 Å². The van der Waals surface area contributed by atoms with Crippen molar-refractivity contribution < 1.29 is 0 Å². The van der Waals surface area contributed by atoms with E-state index in [9.17, 15) is 0 Å². The van der Waals surface area contributed by atoms with E-state index >= 15 is 0 Å². The standard InChI is InChI=1S/C11H14.2C11H18.C8H8.C8H16.C7H10.C7H14.C6H12.C5H10/c1-4-5-2-9-8(1)10-6(4)3-7(5)11(9)10;1-3-9-7-10-4-2-6-11(10,5-1)8-9;1-2-4-10-9-5-6-11(10)8(3-1)7-9;1-2-5-3(1)7-4(1)6(2)8(5)7;1-2-4-6-8-7-5-3-1;1-4-2-6-5(1)7(6)3-4;1-2-4-6-7-5-3-1;1-2-4-6-5-3-1;1-2-4-5-3-1/h4-11H,1-3H2;9-10H,1-8H2;8-11H,1-7H2;1-8H;1-8H2;4-7H,1-3H2;1-7H2;1-6H2;1-5H2. The third-order valence-corrected chi connectivity index (χ3v) is 30.7. The van der Waals surface area contributed by atoms with Crippen LogP contribution in [0.25, 0.3) is 0 Å². The first kappa shape index (κ1) is 50.9. The molecule has 0 saturated heterocycles. The molecule has 0 heterocycles. The molecule has 0 aromatic heterocycles. The van der Waals surface area contributed by atoms with Crippen molar-refractivity contribution in [2.75, 3.05) is 0 Å². The minimum Gasteiger partial charge on any atom is -0.0533 e. The van der Waals surface area contributed by atoms with Crippen LogP contribution >= 0.6 is 0 Å². The maximum absolute atomic E-state index is 1.68. The van der Waals surface area contributed by atoms with Gasteiger partial charge in [0.2, 0.25) is 0 Å². The van der Waals surface area contributed by atoms with E-state index in [1.807, 2.05) is 0 Å². The predicted molar refractivity (Wildman–Crippen MR) is 310 cm³/mol. The van der Waals surface area contributed by atoms with Gasteiger partial charge in [0.05, 0.1) is 0 Å². The van der Waals surface area contributed by atoms with Crippen molar-refractivity contribution in [1.82, 2.24) is 0 Å². The van der Waals surface area contributed by atoms with E-state index in [1.54, 1.807) is 135 Å². The molecule has 0 aromatic carbocycles. The van der Waals surface area contributed by atoms with Crippen molar-refractivity contribution in [1.29, 1.82) is 0 Å². The summed E-state index contributed by atoms with van der Waals surface area (Å²) in [6.07, 6.45) is 72.6. The molecule has 0 N–H and O–H groups in total. The summed E-state index contributed by atoms with van der Waals surface area (Å²) < 4.78 is 0. The highest BCUT2D eigenvalue weighted by atomic mass is 15.0. The zero-order chi connectivity index (χ0) is 48.7. The second-order valence-corrected chi connectivity index (χ2v) is 33.3. The molecule has 1 spiro atoms. The van der Waals surface area contributed by atoms with Gasteiger partial charge in [0, 0.05) is 0 Å². The fourth-order valence-electron chi connectivity index (χ4n) is 27.8. The predicted octanol–water partition coefficient (Wildman–Crippen LogP) is 21.5. The van der Waals surface area contributed by atoms with E-state index in [-0.39, 0.29) is 0 Å². The van der Waals surface area contributed by atoms with Gasteiger partial charge in [-0.2, -0.15) is 0 Å². The number of rotatable bonds is 0. The van der Waals surface area contributed by atoms with Gasteiger partial charge in [-0.25, -0.2) is 0 Å². The second kappa shape index (κ2) is 22.1. The van der Waals surface area contributed by atoms with Crippen LogP contribution in [0, 0.1) is 159 Å². The lowest BCUT2D eigenvalue weighted by Crippen LogP contribution is -3.00. The van der Waals surface area contributed by atoms with Gasteiger partial charge in [-0.05, 0) is 256 Å². The SMILES string of the molecule is C12C3C4C1C1C2C3C41.C1C2C3CC4C5CC3C1C5C24.C1C2CC3C1C3C2.C1CC2CC3CCCC3(C1)C2.C1CCC2C3CCC2C(C1)C3.C1CCCC1.C1CCCCC1.C1CCCCCC1.C1CCCCCCC1. The summed E-state index contributed by atoms with van der Waals surface area (Å²) in [4.78, 5) is 0. The van der Waals surface area contributed by atoms with Gasteiger partial charge < -0.3 is 0 Å². The first-order valence-electron chi connectivity index (χ1n) is 36.7. The molecule has 416 valence electrons. The lowest BCUT2D eigenvalue weighted by Gasteiger charge is -3.03. The molecule has 0 heteroatoms. The van der Waals surface area contributed by atoms with Crippen molar-refractivity contribution in [3.8, 4) is 0 Å². The average molecular weight is 1010 g/mol. The molecule has 12 bridgehead atoms. The molecule has 25 aliphatic carbocycles. The lowest BCUT2D eigenvalue weighted by molar-refractivity contribution is -0.565. The Bertz CT molecular complexity index is 1570. The van der Waals surface area contributed by atoms with Gasteiger partial charge in [0.25, 0.3) is 0 Å². The maximum atomic E-state index is 1.68. The summed E-state index contributed by atoms with van der Waals surface area (Å²) in [5.41, 5.74) is 0.906. The zero-order valence-corrected chi connectivity index (χ0v) is 48.7. The van der Waals surface area contributed by atoms with Crippen LogP contribution in [-0.4, -0.2) is 0 Å². The first-order chi connectivity index (χ1) is 36.7. The minimum absolute atomic E-state index is 0.906. The first-order valence-corrected chi connectivity index (χ1v) is 36.7. The average Bonchev–Trinajstić information content (AvgIpc) is 4.18. The minimum atomic E-state index is 0.906. The van der Waals surface area contributed by atoms with Gasteiger partial charge >= 0.3 is 0 Å². The van der Waals surface area contributed by atoms with Crippen LogP contribution in [0.15, 0.2) is 0 Å². The van der Waals surface area contributed by atoms with Crippen LogP contribution in [0.1, 0.15) is 302 Å². The summed E-state index contributed by atoms with van der Waals surface area (Å²) in [7, 11) is 0. The van der Waals surface area contributed by atoms with Gasteiger partial charge in [0.1, 0.15) is 0 Å². The van der Waals surface area contributed by atoms with Crippen LogP contribution in [0.3, 0.4) is 0 Å². The summed E-state index contributed by atoms with van der Waals surface area (Å²) in [5, 5.41) is 0. The molecule has 0 aliphatic heterocycles. The monoisotopic (exact) mass is 1010 g/mol. The molecule has 0 radical (unpaired) electrons. The molecular weight excluding hydrogens is 889 g/mol. The van der Waals surface area contributed by atoms with Crippen LogP contribution in [0.4, 0.5) is 0 Å². The lowest BCUT2D eigenvalue weighted by atomic mass is 9.01. The third-order valence-electron chi connectivity index (χ3n) is 30.7. The van der Waals surface area contributed by atoms with E-state index in [0.29, 0.717) is 0 Å².